The number of nitrogens with one attached hydrogen (secondary N) is 1. The molecule has 1 unspecified atom stereocenters. The third-order valence-corrected chi connectivity index (χ3v) is 5.81. The van der Waals surface area contributed by atoms with Crippen molar-refractivity contribution in [3.8, 4) is 0 Å². The highest BCUT2D eigenvalue weighted by molar-refractivity contribution is 6.35. The van der Waals surface area contributed by atoms with Gasteiger partial charge < -0.3 is 14.6 Å². The molecule has 1 atom stereocenters. The summed E-state index contributed by atoms with van der Waals surface area (Å²) in [6.45, 7) is 0. The number of carbonyl (C=O) groups excluding carboxylic acids is 2. The van der Waals surface area contributed by atoms with Crippen molar-refractivity contribution in [2.24, 2.45) is 0 Å². The summed E-state index contributed by atoms with van der Waals surface area (Å²) < 4.78 is 5.60. The number of aryl methyl sites for hydroxylation is 1. The van der Waals surface area contributed by atoms with E-state index in [4.69, 9.17) is 27.6 Å². The van der Waals surface area contributed by atoms with E-state index in [9.17, 15) is 9.59 Å². The van der Waals surface area contributed by atoms with Crippen molar-refractivity contribution < 1.29 is 14.0 Å². The number of anilines is 1. The van der Waals surface area contributed by atoms with Gasteiger partial charge in [-0.2, -0.15) is 0 Å². The lowest BCUT2D eigenvalue weighted by Crippen LogP contribution is -2.46. The van der Waals surface area contributed by atoms with Crippen LogP contribution in [0, 0.1) is 0 Å². The Morgan fingerprint density at radius 3 is 2.68 bits per heavy atom. The van der Waals surface area contributed by atoms with E-state index in [0.29, 0.717) is 22.2 Å². The molecular weight excluding hydrogens is 435 g/mol. The Kier molecular flexibility index (Phi) is 6.16. The SMILES string of the molecule is CN1C(=O)C(NC(=O)CCc2ccc(Cl)cc2Cl)C=C(c2ccco2)c2ccccc21. The number of fused-ring (bicyclic) bond motifs is 1. The third kappa shape index (κ3) is 4.53. The molecule has 0 radical (unpaired) electrons. The molecule has 2 heterocycles. The molecule has 0 bridgehead atoms. The summed E-state index contributed by atoms with van der Waals surface area (Å²) >= 11 is 12.1. The van der Waals surface area contributed by atoms with Crippen LogP contribution in [0.1, 0.15) is 23.3 Å². The molecule has 0 saturated heterocycles. The van der Waals surface area contributed by atoms with E-state index in [-0.39, 0.29) is 18.2 Å². The summed E-state index contributed by atoms with van der Waals surface area (Å²) in [4.78, 5) is 27.4. The normalized spacial score (nSPS) is 15.8. The lowest BCUT2D eigenvalue weighted by atomic mass is 10.0. The monoisotopic (exact) mass is 454 g/mol. The number of likely N-dealkylation sites (N-methyl/N-ethyl adjacent to an activating group) is 1. The number of carbonyl (C=O) groups is 2. The van der Waals surface area contributed by atoms with Crippen LogP contribution in [0.4, 0.5) is 5.69 Å². The molecule has 4 rings (SSSR count). The average molecular weight is 455 g/mol. The smallest absolute Gasteiger partial charge is 0.253 e. The molecule has 0 saturated carbocycles. The highest BCUT2D eigenvalue weighted by Crippen LogP contribution is 2.34. The maximum atomic E-state index is 13.1. The maximum absolute atomic E-state index is 13.1. The number of halogens is 2. The molecule has 7 heteroatoms. The van der Waals surface area contributed by atoms with Gasteiger partial charge in [0.05, 0.1) is 12.0 Å². The van der Waals surface area contributed by atoms with E-state index in [1.807, 2.05) is 30.3 Å². The summed E-state index contributed by atoms with van der Waals surface area (Å²) in [5.41, 5.74) is 3.19. The van der Waals surface area contributed by atoms with E-state index in [2.05, 4.69) is 5.32 Å². The first-order chi connectivity index (χ1) is 14.9. The van der Waals surface area contributed by atoms with Crippen LogP contribution in [0.3, 0.4) is 0 Å². The van der Waals surface area contributed by atoms with Crippen LogP contribution in [0.15, 0.2) is 71.4 Å². The highest BCUT2D eigenvalue weighted by atomic mass is 35.5. The lowest BCUT2D eigenvalue weighted by Gasteiger charge is -2.21. The van der Waals surface area contributed by atoms with E-state index in [0.717, 1.165) is 22.4 Å². The Balaban J connectivity index is 1.58. The molecule has 1 aliphatic rings. The molecule has 2 aromatic carbocycles. The van der Waals surface area contributed by atoms with Gasteiger partial charge in [0.15, 0.2) is 0 Å². The molecule has 31 heavy (non-hydrogen) atoms. The fraction of sp³-hybridized carbons (Fsp3) is 0.167. The van der Waals surface area contributed by atoms with Gasteiger partial charge in [-0.25, -0.2) is 0 Å². The van der Waals surface area contributed by atoms with Crippen LogP contribution >= 0.6 is 23.2 Å². The predicted octanol–water partition coefficient (Wildman–Crippen LogP) is 5.11. The summed E-state index contributed by atoms with van der Waals surface area (Å²) in [7, 11) is 1.70. The molecule has 3 aromatic rings. The van der Waals surface area contributed by atoms with Crippen LogP contribution in [-0.2, 0) is 16.0 Å². The van der Waals surface area contributed by atoms with Gasteiger partial charge in [-0.3, -0.25) is 9.59 Å². The number of hydrogen-bond donors (Lipinski definition) is 1. The van der Waals surface area contributed by atoms with Crippen molar-refractivity contribution in [1.82, 2.24) is 5.32 Å². The first kappa shape index (κ1) is 21.2. The molecular formula is C24H20Cl2N2O3. The Morgan fingerprint density at radius 2 is 1.94 bits per heavy atom. The molecule has 1 aliphatic heterocycles. The zero-order chi connectivity index (χ0) is 22.0. The predicted molar refractivity (Wildman–Crippen MR) is 122 cm³/mol. The summed E-state index contributed by atoms with van der Waals surface area (Å²) in [5, 5.41) is 3.91. The fourth-order valence-electron chi connectivity index (χ4n) is 3.62. The van der Waals surface area contributed by atoms with Crippen molar-refractivity contribution in [1.29, 1.82) is 0 Å². The summed E-state index contributed by atoms with van der Waals surface area (Å²) in [6, 6.07) is 15.6. The van der Waals surface area contributed by atoms with Gasteiger partial charge in [0, 0.05) is 34.7 Å². The van der Waals surface area contributed by atoms with E-state index < -0.39 is 6.04 Å². The molecule has 0 fully saturated rings. The first-order valence-corrected chi connectivity index (χ1v) is 10.6. The topological polar surface area (TPSA) is 62.6 Å². The number of hydrogen-bond acceptors (Lipinski definition) is 3. The second-order valence-electron chi connectivity index (χ2n) is 7.25. The molecule has 2 amide bonds. The van der Waals surface area contributed by atoms with Gasteiger partial charge in [-0.05, 0) is 48.4 Å². The highest BCUT2D eigenvalue weighted by Gasteiger charge is 2.30. The minimum Gasteiger partial charge on any atom is -0.464 e. The van der Waals surface area contributed by atoms with Gasteiger partial charge in [0.1, 0.15) is 11.8 Å². The minimum atomic E-state index is -0.828. The van der Waals surface area contributed by atoms with Gasteiger partial charge in [0.25, 0.3) is 5.91 Å². The molecule has 5 nitrogen and oxygen atoms in total. The first-order valence-electron chi connectivity index (χ1n) is 9.80. The standard InChI is InChI=1S/C24H20Cl2N2O3/c1-28-21-6-3-2-5-17(21)18(22-7-4-12-31-22)14-20(24(28)30)27-23(29)11-9-15-8-10-16(25)13-19(15)26/h2-8,10,12-14,20H,9,11H2,1H3,(H,27,29). The maximum Gasteiger partial charge on any atom is 0.253 e. The fourth-order valence-corrected chi connectivity index (χ4v) is 4.12. The minimum absolute atomic E-state index is 0.186. The number of nitrogens with zero attached hydrogens (tertiary/aromatic N) is 1. The van der Waals surface area contributed by atoms with Crippen LogP contribution in [0.2, 0.25) is 10.0 Å². The average Bonchev–Trinajstić information content (AvgIpc) is 3.26. The van der Waals surface area contributed by atoms with Crippen LogP contribution in [0.5, 0.6) is 0 Å². The largest absolute Gasteiger partial charge is 0.464 e. The van der Waals surface area contributed by atoms with Crippen LogP contribution in [0.25, 0.3) is 5.57 Å². The molecule has 158 valence electrons. The quantitative estimate of drug-likeness (QED) is 0.582. The van der Waals surface area contributed by atoms with E-state index >= 15 is 0 Å². The van der Waals surface area contributed by atoms with Crippen molar-refractivity contribution in [2.45, 2.75) is 18.9 Å². The van der Waals surface area contributed by atoms with E-state index in [1.165, 1.54) is 0 Å². The second-order valence-corrected chi connectivity index (χ2v) is 8.10. The number of amides is 2. The number of para-hydroxylation sites is 1. The van der Waals surface area contributed by atoms with Crippen molar-refractivity contribution in [3.05, 3.63) is 93.9 Å². The Labute approximate surface area is 190 Å². The summed E-state index contributed by atoms with van der Waals surface area (Å²) in [6.07, 6.45) is 3.95. The Hall–Kier alpha value is -3.02. The zero-order valence-corrected chi connectivity index (χ0v) is 18.3. The number of furan rings is 1. The summed E-state index contributed by atoms with van der Waals surface area (Å²) in [5.74, 6) is 0.147. The molecule has 0 aliphatic carbocycles. The van der Waals surface area contributed by atoms with Gasteiger partial charge >= 0.3 is 0 Å². The third-order valence-electron chi connectivity index (χ3n) is 5.23. The van der Waals surface area contributed by atoms with Crippen molar-refractivity contribution >= 4 is 46.3 Å². The van der Waals surface area contributed by atoms with E-state index in [1.54, 1.807) is 48.6 Å². The van der Waals surface area contributed by atoms with Gasteiger partial charge in [-0.1, -0.05) is 47.5 Å². The van der Waals surface area contributed by atoms with Gasteiger partial charge in [0.2, 0.25) is 5.91 Å². The van der Waals surface area contributed by atoms with Crippen LogP contribution < -0.4 is 10.2 Å². The lowest BCUT2D eigenvalue weighted by molar-refractivity contribution is -0.126. The zero-order valence-electron chi connectivity index (χ0n) is 16.8. The molecule has 1 aromatic heterocycles. The van der Waals surface area contributed by atoms with Crippen molar-refractivity contribution in [2.75, 3.05) is 11.9 Å². The Morgan fingerprint density at radius 1 is 1.13 bits per heavy atom. The van der Waals surface area contributed by atoms with Crippen LogP contribution in [-0.4, -0.2) is 24.9 Å². The Bertz CT molecular complexity index is 1160. The number of benzene rings is 2. The van der Waals surface area contributed by atoms with Crippen molar-refractivity contribution in [3.63, 3.8) is 0 Å². The second kappa shape index (κ2) is 9.00. The van der Waals surface area contributed by atoms with Gasteiger partial charge in [-0.15, -0.1) is 0 Å². The molecule has 1 N–H and O–H groups in total. The number of rotatable bonds is 5. The molecule has 0 spiro atoms.